The summed E-state index contributed by atoms with van der Waals surface area (Å²) < 4.78 is 4.94. The summed E-state index contributed by atoms with van der Waals surface area (Å²) in [6, 6.07) is -0.801. The lowest BCUT2D eigenvalue weighted by molar-refractivity contribution is -0.0710. The van der Waals surface area contributed by atoms with Crippen molar-refractivity contribution in [2.75, 3.05) is 19.8 Å². The maximum absolute atomic E-state index is 10.2. The molecule has 0 radical (unpaired) electrons. The molecule has 0 aliphatic heterocycles. The molecule has 0 heterocycles. The molecule has 0 aromatic heterocycles. The first-order valence-corrected chi connectivity index (χ1v) is 3.60. The second-order valence-electron chi connectivity index (χ2n) is 2.05. The van der Waals surface area contributed by atoms with Crippen LogP contribution in [0.3, 0.4) is 0 Å². The van der Waals surface area contributed by atoms with Crippen LogP contribution in [0.15, 0.2) is 0 Å². The molecular formula is C6H14N2O4. The quantitative estimate of drug-likeness (QED) is 0.454. The zero-order valence-corrected chi connectivity index (χ0v) is 6.95. The molecule has 0 rings (SSSR count). The average Bonchev–Trinajstić information content (AvgIpc) is 2.05. The van der Waals surface area contributed by atoms with Gasteiger partial charge in [-0.05, 0) is 6.92 Å². The Hall–Kier alpha value is -0.850. The topological polar surface area (TPSA) is 93.8 Å². The van der Waals surface area contributed by atoms with Gasteiger partial charge in [-0.25, -0.2) is 10.3 Å². The van der Waals surface area contributed by atoms with Crippen molar-refractivity contribution in [3.8, 4) is 0 Å². The highest BCUT2D eigenvalue weighted by atomic mass is 16.7. The van der Waals surface area contributed by atoms with E-state index in [0.29, 0.717) is 6.61 Å². The third kappa shape index (κ3) is 5.90. The second-order valence-corrected chi connectivity index (χ2v) is 2.05. The minimum Gasteiger partial charge on any atom is -0.393 e. The van der Waals surface area contributed by atoms with Gasteiger partial charge in [0.2, 0.25) is 0 Å². The fourth-order valence-electron chi connectivity index (χ4n) is 0.515. The van der Waals surface area contributed by atoms with E-state index < -0.39 is 12.1 Å². The van der Waals surface area contributed by atoms with Crippen LogP contribution >= 0.6 is 0 Å². The number of nitrogens with one attached hydrogen (secondary N) is 1. The number of hydrogen-bond acceptors (Lipinski definition) is 4. The summed E-state index contributed by atoms with van der Waals surface area (Å²) >= 11 is 0. The lowest BCUT2D eigenvalue weighted by atomic mass is 10.4. The van der Waals surface area contributed by atoms with Gasteiger partial charge in [-0.1, -0.05) is 0 Å². The molecule has 0 spiro atoms. The van der Waals surface area contributed by atoms with Crippen molar-refractivity contribution in [3.63, 3.8) is 0 Å². The highest BCUT2D eigenvalue weighted by molar-refractivity contribution is 5.70. The van der Waals surface area contributed by atoms with Crippen molar-refractivity contribution in [2.45, 2.75) is 13.0 Å². The predicted molar refractivity (Wildman–Crippen MR) is 41.2 cm³/mol. The van der Waals surface area contributed by atoms with Gasteiger partial charge >= 0.3 is 6.03 Å². The molecule has 1 atom stereocenters. The number of ether oxygens (including phenoxy) is 1. The van der Waals surface area contributed by atoms with Crippen molar-refractivity contribution in [1.82, 2.24) is 5.48 Å². The SMILES string of the molecule is CCOCC(CO)ONC(N)=O. The van der Waals surface area contributed by atoms with Crippen LogP contribution in [0.25, 0.3) is 0 Å². The number of hydrogen-bond donors (Lipinski definition) is 3. The lowest BCUT2D eigenvalue weighted by Crippen LogP contribution is -2.37. The van der Waals surface area contributed by atoms with E-state index in [2.05, 4.69) is 4.84 Å². The molecule has 0 aliphatic rings. The normalized spacial score (nSPS) is 12.5. The number of carbonyl (C=O) groups excluding carboxylic acids is 1. The average molecular weight is 178 g/mol. The summed E-state index contributed by atoms with van der Waals surface area (Å²) in [7, 11) is 0. The van der Waals surface area contributed by atoms with Gasteiger partial charge in [-0.3, -0.25) is 4.84 Å². The van der Waals surface area contributed by atoms with Crippen LogP contribution in [0.4, 0.5) is 4.79 Å². The first kappa shape index (κ1) is 11.2. The Morgan fingerprint density at radius 3 is 2.83 bits per heavy atom. The van der Waals surface area contributed by atoms with Crippen molar-refractivity contribution in [2.24, 2.45) is 5.73 Å². The molecule has 0 aliphatic carbocycles. The molecule has 0 bridgehead atoms. The molecule has 4 N–H and O–H groups in total. The summed E-state index contributed by atoms with van der Waals surface area (Å²) in [6.07, 6.45) is -0.572. The second kappa shape index (κ2) is 6.84. The van der Waals surface area contributed by atoms with Crippen molar-refractivity contribution >= 4 is 6.03 Å². The first-order chi connectivity index (χ1) is 5.70. The largest absolute Gasteiger partial charge is 0.393 e. The molecule has 12 heavy (non-hydrogen) atoms. The van der Waals surface area contributed by atoms with Crippen LogP contribution < -0.4 is 11.2 Å². The smallest absolute Gasteiger partial charge is 0.336 e. The Balaban J connectivity index is 3.45. The number of carbonyl (C=O) groups is 1. The molecule has 6 nitrogen and oxygen atoms in total. The van der Waals surface area contributed by atoms with E-state index in [4.69, 9.17) is 15.6 Å². The number of urea groups is 1. The number of aliphatic hydroxyl groups excluding tert-OH is 1. The highest BCUT2D eigenvalue weighted by Crippen LogP contribution is 1.89. The summed E-state index contributed by atoms with van der Waals surface area (Å²) in [5.74, 6) is 0. The number of amides is 2. The molecule has 0 fully saturated rings. The Bertz CT molecular complexity index is 131. The Morgan fingerprint density at radius 2 is 2.42 bits per heavy atom. The van der Waals surface area contributed by atoms with E-state index in [1.807, 2.05) is 12.4 Å². The van der Waals surface area contributed by atoms with E-state index in [9.17, 15) is 4.79 Å². The van der Waals surface area contributed by atoms with Crippen LogP contribution in [0.5, 0.6) is 0 Å². The van der Waals surface area contributed by atoms with Gasteiger partial charge in [0.15, 0.2) is 0 Å². The van der Waals surface area contributed by atoms with E-state index in [0.717, 1.165) is 0 Å². The highest BCUT2D eigenvalue weighted by Gasteiger charge is 2.08. The van der Waals surface area contributed by atoms with Gasteiger partial charge in [0.25, 0.3) is 0 Å². The van der Waals surface area contributed by atoms with Gasteiger partial charge in [0, 0.05) is 6.61 Å². The number of nitrogens with two attached hydrogens (primary N) is 1. The van der Waals surface area contributed by atoms with Crippen LogP contribution in [0.2, 0.25) is 0 Å². The minimum absolute atomic E-state index is 0.216. The van der Waals surface area contributed by atoms with Crippen molar-refractivity contribution < 1.29 is 19.5 Å². The molecule has 0 saturated carbocycles. The van der Waals surface area contributed by atoms with E-state index in [1.165, 1.54) is 0 Å². The fourth-order valence-corrected chi connectivity index (χ4v) is 0.515. The van der Waals surface area contributed by atoms with Crippen LogP contribution in [-0.2, 0) is 9.57 Å². The Morgan fingerprint density at radius 1 is 1.75 bits per heavy atom. The van der Waals surface area contributed by atoms with E-state index in [1.54, 1.807) is 0 Å². The maximum Gasteiger partial charge on any atom is 0.336 e. The van der Waals surface area contributed by atoms with Crippen LogP contribution in [-0.4, -0.2) is 37.1 Å². The van der Waals surface area contributed by atoms with Gasteiger partial charge in [0.05, 0.1) is 13.2 Å². The third-order valence-electron chi connectivity index (χ3n) is 1.04. The van der Waals surface area contributed by atoms with Gasteiger partial charge in [0.1, 0.15) is 6.10 Å². The number of rotatable bonds is 6. The first-order valence-electron chi connectivity index (χ1n) is 3.60. The van der Waals surface area contributed by atoms with Gasteiger partial charge in [-0.2, -0.15) is 0 Å². The lowest BCUT2D eigenvalue weighted by Gasteiger charge is -2.13. The van der Waals surface area contributed by atoms with Crippen molar-refractivity contribution in [3.05, 3.63) is 0 Å². The Labute approximate surface area is 70.6 Å². The number of hydroxylamine groups is 1. The zero-order chi connectivity index (χ0) is 9.40. The van der Waals surface area contributed by atoms with Gasteiger partial charge < -0.3 is 15.6 Å². The van der Waals surface area contributed by atoms with Crippen molar-refractivity contribution in [1.29, 1.82) is 0 Å². The van der Waals surface area contributed by atoms with E-state index >= 15 is 0 Å². The monoisotopic (exact) mass is 178 g/mol. The molecule has 72 valence electrons. The molecule has 2 amide bonds. The minimum atomic E-state index is -0.801. The van der Waals surface area contributed by atoms with Crippen LogP contribution in [0.1, 0.15) is 6.92 Å². The molecule has 6 heteroatoms. The zero-order valence-electron chi connectivity index (χ0n) is 6.95. The maximum atomic E-state index is 10.2. The number of primary amides is 1. The fraction of sp³-hybridized carbons (Fsp3) is 0.833. The summed E-state index contributed by atoms with van der Waals surface area (Å²) in [5, 5.41) is 8.67. The third-order valence-corrected chi connectivity index (χ3v) is 1.04. The summed E-state index contributed by atoms with van der Waals surface area (Å²) in [6.45, 7) is 2.32. The molecular weight excluding hydrogens is 164 g/mol. The molecule has 0 aromatic carbocycles. The summed E-state index contributed by atoms with van der Waals surface area (Å²) in [5.41, 5.74) is 6.63. The predicted octanol–water partition coefficient (Wildman–Crippen LogP) is -1.02. The number of aliphatic hydroxyl groups is 1. The van der Waals surface area contributed by atoms with Gasteiger partial charge in [-0.15, -0.1) is 0 Å². The molecule has 1 unspecified atom stereocenters. The van der Waals surface area contributed by atoms with Crippen LogP contribution in [0, 0.1) is 0 Å². The Kier molecular flexibility index (Phi) is 6.35. The molecule has 0 saturated heterocycles. The standard InChI is InChI=1S/C6H14N2O4/c1-2-11-4-5(3-9)12-8-6(7)10/h5,9H,2-4H2,1H3,(H3,7,8,10). The van der Waals surface area contributed by atoms with E-state index in [-0.39, 0.29) is 13.2 Å². The molecule has 0 aromatic rings. The summed E-state index contributed by atoms with van der Waals surface area (Å²) in [4.78, 5) is 14.8.